The van der Waals surface area contributed by atoms with E-state index in [1.165, 1.54) is 22.7 Å². The Morgan fingerprint density at radius 2 is 2.22 bits per heavy atom. The summed E-state index contributed by atoms with van der Waals surface area (Å²) in [4.78, 5) is 10.6. The zero-order chi connectivity index (χ0) is 12.5. The van der Waals surface area contributed by atoms with Crippen molar-refractivity contribution in [1.29, 1.82) is 0 Å². The van der Waals surface area contributed by atoms with Gasteiger partial charge in [0.25, 0.3) is 0 Å². The van der Waals surface area contributed by atoms with E-state index in [0.29, 0.717) is 0 Å². The van der Waals surface area contributed by atoms with E-state index in [1.807, 2.05) is 11.3 Å². The van der Waals surface area contributed by atoms with E-state index in [9.17, 15) is 0 Å². The number of hydrogen-bond donors (Lipinski definition) is 1. The number of nitrogens with one attached hydrogen (secondary N) is 1. The average molecular weight is 279 g/mol. The topological polar surface area (TPSA) is 37.8 Å². The van der Waals surface area contributed by atoms with Crippen LogP contribution in [-0.2, 0) is 0 Å². The lowest BCUT2D eigenvalue weighted by molar-refractivity contribution is 0.976. The fourth-order valence-electron chi connectivity index (χ4n) is 1.85. The van der Waals surface area contributed by atoms with E-state index in [0.717, 1.165) is 35.4 Å². The SMILES string of the molecule is CCCNc1nc(-c2sc(C3CC3)nc2C)cs1. The molecule has 3 nitrogen and oxygen atoms in total. The lowest BCUT2D eigenvalue weighted by Crippen LogP contribution is -1.98. The summed E-state index contributed by atoms with van der Waals surface area (Å²) in [6, 6.07) is 0. The van der Waals surface area contributed by atoms with Gasteiger partial charge in [-0.2, -0.15) is 0 Å². The molecule has 5 heteroatoms. The summed E-state index contributed by atoms with van der Waals surface area (Å²) in [7, 11) is 0. The molecule has 2 aromatic rings. The Hall–Kier alpha value is -0.940. The predicted molar refractivity (Wildman–Crippen MR) is 78.7 cm³/mol. The van der Waals surface area contributed by atoms with Crippen LogP contribution in [0.1, 0.15) is 42.8 Å². The molecular weight excluding hydrogens is 262 g/mol. The molecule has 0 spiro atoms. The Morgan fingerprint density at radius 3 is 2.94 bits per heavy atom. The van der Waals surface area contributed by atoms with Gasteiger partial charge in [-0.05, 0) is 26.2 Å². The van der Waals surface area contributed by atoms with E-state index < -0.39 is 0 Å². The van der Waals surface area contributed by atoms with Gasteiger partial charge in [0.2, 0.25) is 0 Å². The number of aryl methyl sites for hydroxylation is 1. The number of rotatable bonds is 5. The molecule has 0 saturated heterocycles. The van der Waals surface area contributed by atoms with E-state index in [4.69, 9.17) is 0 Å². The van der Waals surface area contributed by atoms with Gasteiger partial charge in [0.15, 0.2) is 5.13 Å². The van der Waals surface area contributed by atoms with Crippen molar-refractivity contribution >= 4 is 27.8 Å². The maximum atomic E-state index is 4.68. The molecule has 1 N–H and O–H groups in total. The molecule has 96 valence electrons. The second-order valence-electron chi connectivity index (χ2n) is 4.71. The van der Waals surface area contributed by atoms with Gasteiger partial charge in [-0.25, -0.2) is 9.97 Å². The first-order valence-electron chi connectivity index (χ1n) is 6.45. The quantitative estimate of drug-likeness (QED) is 0.888. The highest BCUT2D eigenvalue weighted by molar-refractivity contribution is 7.17. The van der Waals surface area contributed by atoms with Crippen LogP contribution in [0.4, 0.5) is 5.13 Å². The lowest BCUT2D eigenvalue weighted by Gasteiger charge is -1.97. The highest BCUT2D eigenvalue weighted by Crippen LogP contribution is 2.44. The standard InChI is InChI=1S/C13H17N3S2/c1-3-6-14-13-16-10(7-17-13)11-8(2)15-12(18-11)9-4-5-9/h7,9H,3-6H2,1-2H3,(H,14,16). The zero-order valence-corrected chi connectivity index (χ0v) is 12.3. The van der Waals surface area contributed by atoms with Crippen LogP contribution in [0.15, 0.2) is 5.38 Å². The third-order valence-electron chi connectivity index (χ3n) is 3.00. The number of anilines is 1. The molecule has 2 aromatic heterocycles. The first kappa shape index (κ1) is 12.1. The average Bonchev–Trinajstić information content (AvgIpc) is 2.99. The Labute approximate surface area is 115 Å². The minimum absolute atomic E-state index is 0.735. The maximum absolute atomic E-state index is 4.68. The first-order valence-corrected chi connectivity index (χ1v) is 8.14. The summed E-state index contributed by atoms with van der Waals surface area (Å²) in [6.07, 6.45) is 3.75. The van der Waals surface area contributed by atoms with Crippen molar-refractivity contribution in [2.45, 2.75) is 39.0 Å². The van der Waals surface area contributed by atoms with Gasteiger partial charge >= 0.3 is 0 Å². The molecule has 2 heterocycles. The Bertz CT molecular complexity index is 540. The molecule has 1 aliphatic rings. The second kappa shape index (κ2) is 4.97. The molecule has 1 saturated carbocycles. The van der Waals surface area contributed by atoms with Gasteiger partial charge in [0.05, 0.1) is 21.3 Å². The zero-order valence-electron chi connectivity index (χ0n) is 10.7. The third kappa shape index (κ3) is 2.42. The molecule has 3 rings (SSSR count). The fraction of sp³-hybridized carbons (Fsp3) is 0.538. The smallest absolute Gasteiger partial charge is 0.183 e. The molecule has 0 atom stereocenters. The van der Waals surface area contributed by atoms with Crippen LogP contribution >= 0.6 is 22.7 Å². The Morgan fingerprint density at radius 1 is 1.39 bits per heavy atom. The normalized spacial score (nSPS) is 15.0. The van der Waals surface area contributed by atoms with Crippen LogP contribution in [0.5, 0.6) is 0 Å². The monoisotopic (exact) mass is 279 g/mol. The minimum Gasteiger partial charge on any atom is -0.362 e. The molecule has 0 unspecified atom stereocenters. The van der Waals surface area contributed by atoms with E-state index in [2.05, 4.69) is 34.5 Å². The van der Waals surface area contributed by atoms with Gasteiger partial charge in [-0.15, -0.1) is 22.7 Å². The first-order chi connectivity index (χ1) is 8.78. The Kier molecular flexibility index (Phi) is 3.35. The van der Waals surface area contributed by atoms with Crippen LogP contribution in [0.3, 0.4) is 0 Å². The number of aromatic nitrogens is 2. The summed E-state index contributed by atoms with van der Waals surface area (Å²) in [5.41, 5.74) is 2.22. The van der Waals surface area contributed by atoms with Gasteiger partial charge < -0.3 is 5.32 Å². The minimum atomic E-state index is 0.735. The highest BCUT2D eigenvalue weighted by Gasteiger charge is 2.28. The van der Waals surface area contributed by atoms with Crippen molar-refractivity contribution in [2.75, 3.05) is 11.9 Å². The van der Waals surface area contributed by atoms with Gasteiger partial charge in [-0.3, -0.25) is 0 Å². The number of nitrogens with zero attached hydrogens (tertiary/aromatic N) is 2. The molecule has 1 fully saturated rings. The summed E-state index contributed by atoms with van der Waals surface area (Å²) in [5.74, 6) is 0.735. The summed E-state index contributed by atoms with van der Waals surface area (Å²) >= 11 is 3.51. The van der Waals surface area contributed by atoms with Gasteiger partial charge in [-0.1, -0.05) is 6.92 Å². The molecule has 1 aliphatic carbocycles. The van der Waals surface area contributed by atoms with Crippen LogP contribution in [0, 0.1) is 6.92 Å². The lowest BCUT2D eigenvalue weighted by atomic mass is 10.3. The largest absolute Gasteiger partial charge is 0.362 e. The summed E-state index contributed by atoms with van der Waals surface area (Å²) in [6.45, 7) is 5.24. The molecule has 0 aromatic carbocycles. The van der Waals surface area contributed by atoms with Gasteiger partial charge in [0.1, 0.15) is 0 Å². The van der Waals surface area contributed by atoms with E-state index in [1.54, 1.807) is 11.3 Å². The van der Waals surface area contributed by atoms with Crippen LogP contribution in [0.2, 0.25) is 0 Å². The van der Waals surface area contributed by atoms with Gasteiger partial charge in [0, 0.05) is 17.8 Å². The highest BCUT2D eigenvalue weighted by atomic mass is 32.1. The number of thiazole rings is 2. The fourth-order valence-corrected chi connectivity index (χ4v) is 3.85. The molecule has 0 amide bonds. The van der Waals surface area contributed by atoms with Crippen molar-refractivity contribution in [3.8, 4) is 10.6 Å². The number of hydrogen-bond acceptors (Lipinski definition) is 5. The molecular formula is C13H17N3S2. The summed E-state index contributed by atoms with van der Waals surface area (Å²) < 4.78 is 0. The van der Waals surface area contributed by atoms with Crippen LogP contribution < -0.4 is 5.32 Å². The molecule has 0 aliphatic heterocycles. The molecule has 18 heavy (non-hydrogen) atoms. The van der Waals surface area contributed by atoms with E-state index in [-0.39, 0.29) is 0 Å². The summed E-state index contributed by atoms with van der Waals surface area (Å²) in [5, 5.41) is 7.80. The van der Waals surface area contributed by atoms with Crippen molar-refractivity contribution in [1.82, 2.24) is 9.97 Å². The predicted octanol–water partition coefficient (Wildman–Crippen LogP) is 4.27. The van der Waals surface area contributed by atoms with Crippen molar-refractivity contribution < 1.29 is 0 Å². The third-order valence-corrected chi connectivity index (χ3v) is 5.15. The van der Waals surface area contributed by atoms with Crippen molar-refractivity contribution in [2.24, 2.45) is 0 Å². The van der Waals surface area contributed by atoms with Crippen LogP contribution in [-0.4, -0.2) is 16.5 Å². The maximum Gasteiger partial charge on any atom is 0.183 e. The molecule has 0 bridgehead atoms. The molecule has 0 radical (unpaired) electrons. The van der Waals surface area contributed by atoms with Crippen molar-refractivity contribution in [3.05, 3.63) is 16.1 Å². The van der Waals surface area contributed by atoms with Crippen molar-refractivity contribution in [3.63, 3.8) is 0 Å². The second-order valence-corrected chi connectivity index (χ2v) is 6.59. The van der Waals surface area contributed by atoms with Crippen LogP contribution in [0.25, 0.3) is 10.6 Å². The Balaban J connectivity index is 1.82. The van der Waals surface area contributed by atoms with E-state index >= 15 is 0 Å².